The van der Waals surface area contributed by atoms with Crippen molar-refractivity contribution in [2.24, 2.45) is 0 Å². The summed E-state index contributed by atoms with van der Waals surface area (Å²) >= 11 is 4.41. The van der Waals surface area contributed by atoms with Gasteiger partial charge in [-0.2, -0.15) is 12.6 Å². The predicted octanol–water partition coefficient (Wildman–Crippen LogP) is 3.65. The quantitative estimate of drug-likeness (QED) is 0.729. The molecule has 0 heterocycles. The van der Waals surface area contributed by atoms with E-state index in [2.05, 4.69) is 18.7 Å². The second-order valence-corrected chi connectivity index (χ2v) is 3.76. The van der Waals surface area contributed by atoms with Crippen molar-refractivity contribution in [3.8, 4) is 0 Å². The predicted molar refractivity (Wildman–Crippen MR) is 62.5 cm³/mol. The van der Waals surface area contributed by atoms with Gasteiger partial charge in [0, 0.05) is 5.56 Å². The molecule has 0 nitrogen and oxygen atoms in total. The lowest BCUT2D eigenvalue weighted by atomic mass is 10.0. The van der Waals surface area contributed by atoms with Crippen LogP contribution in [0.2, 0.25) is 0 Å². The highest BCUT2D eigenvalue weighted by molar-refractivity contribution is 7.80. The van der Waals surface area contributed by atoms with Crippen LogP contribution < -0.4 is 0 Å². The molecule has 1 radical (unpaired) electrons. The lowest BCUT2D eigenvalue weighted by Crippen LogP contribution is -1.96. The van der Waals surface area contributed by atoms with Crippen molar-refractivity contribution in [1.29, 1.82) is 0 Å². The fraction of sp³-hybridized carbons (Fsp3) is 0.0769. The standard InChI is InChI=1S/C13H10FS/c14-12-9-5-4-8-11(12)13(15)10-6-2-1-3-7-10/h1-6,8-9,13,15H. The third-order valence-corrected chi connectivity index (χ3v) is 2.78. The van der Waals surface area contributed by atoms with E-state index in [0.717, 1.165) is 5.56 Å². The lowest BCUT2D eigenvalue weighted by molar-refractivity contribution is 0.613. The molecule has 0 aliphatic carbocycles. The van der Waals surface area contributed by atoms with E-state index in [1.54, 1.807) is 18.2 Å². The molecular formula is C13H10FS. The zero-order chi connectivity index (χ0) is 10.7. The normalized spacial score (nSPS) is 12.4. The van der Waals surface area contributed by atoms with E-state index in [1.807, 2.05) is 24.3 Å². The smallest absolute Gasteiger partial charge is 0.127 e. The van der Waals surface area contributed by atoms with E-state index in [0.29, 0.717) is 5.56 Å². The zero-order valence-electron chi connectivity index (χ0n) is 8.02. The SMILES string of the molecule is Fc1ccccc1C(S)c1[c]cccc1. The van der Waals surface area contributed by atoms with Crippen LogP contribution in [0.1, 0.15) is 16.4 Å². The number of benzene rings is 2. The van der Waals surface area contributed by atoms with Gasteiger partial charge >= 0.3 is 0 Å². The van der Waals surface area contributed by atoms with Gasteiger partial charge in [0.25, 0.3) is 0 Å². The van der Waals surface area contributed by atoms with E-state index < -0.39 is 0 Å². The molecule has 0 saturated carbocycles. The molecule has 0 bridgehead atoms. The molecule has 0 N–H and O–H groups in total. The summed E-state index contributed by atoms with van der Waals surface area (Å²) in [5, 5.41) is -0.257. The first kappa shape index (κ1) is 10.2. The van der Waals surface area contributed by atoms with Gasteiger partial charge in [0.05, 0.1) is 5.25 Å². The topological polar surface area (TPSA) is 0 Å². The Balaban J connectivity index is 2.37. The summed E-state index contributed by atoms with van der Waals surface area (Å²) in [5.74, 6) is -0.227. The van der Waals surface area contributed by atoms with E-state index in [4.69, 9.17) is 0 Å². The van der Waals surface area contributed by atoms with Crippen LogP contribution >= 0.6 is 12.6 Å². The molecule has 75 valence electrons. The molecule has 0 aromatic heterocycles. The van der Waals surface area contributed by atoms with Gasteiger partial charge in [0.2, 0.25) is 0 Å². The Morgan fingerprint density at radius 2 is 1.80 bits per heavy atom. The van der Waals surface area contributed by atoms with Gasteiger partial charge < -0.3 is 0 Å². The molecular weight excluding hydrogens is 207 g/mol. The molecule has 0 aliphatic heterocycles. The number of thiol groups is 1. The van der Waals surface area contributed by atoms with Gasteiger partial charge in [-0.05, 0) is 17.7 Å². The summed E-state index contributed by atoms with van der Waals surface area (Å²) in [4.78, 5) is 0. The Kier molecular flexibility index (Phi) is 3.07. The summed E-state index contributed by atoms with van der Waals surface area (Å²) in [6.45, 7) is 0. The van der Waals surface area contributed by atoms with E-state index in [1.165, 1.54) is 6.07 Å². The molecule has 1 unspecified atom stereocenters. The second kappa shape index (κ2) is 4.49. The zero-order valence-corrected chi connectivity index (χ0v) is 8.92. The molecule has 2 rings (SSSR count). The van der Waals surface area contributed by atoms with Crippen LogP contribution in [0.15, 0.2) is 48.5 Å². The summed E-state index contributed by atoms with van der Waals surface area (Å²) in [5.41, 5.74) is 1.47. The third-order valence-electron chi connectivity index (χ3n) is 2.23. The largest absolute Gasteiger partial charge is 0.207 e. The van der Waals surface area contributed by atoms with E-state index in [-0.39, 0.29) is 11.1 Å². The van der Waals surface area contributed by atoms with Gasteiger partial charge in [-0.1, -0.05) is 42.5 Å². The number of hydrogen-bond acceptors (Lipinski definition) is 1. The van der Waals surface area contributed by atoms with Crippen LogP contribution in [0.3, 0.4) is 0 Å². The molecule has 15 heavy (non-hydrogen) atoms. The van der Waals surface area contributed by atoms with Crippen LogP contribution in [0.4, 0.5) is 4.39 Å². The van der Waals surface area contributed by atoms with E-state index >= 15 is 0 Å². The third kappa shape index (κ3) is 2.21. The fourth-order valence-electron chi connectivity index (χ4n) is 1.44. The average Bonchev–Trinajstić information content (AvgIpc) is 2.30. The molecule has 2 aromatic carbocycles. The Bertz CT molecular complexity index is 439. The second-order valence-electron chi connectivity index (χ2n) is 3.24. The van der Waals surface area contributed by atoms with Gasteiger partial charge in [0.1, 0.15) is 5.82 Å². The highest BCUT2D eigenvalue weighted by Gasteiger charge is 2.12. The fourth-order valence-corrected chi connectivity index (χ4v) is 1.81. The molecule has 2 aromatic rings. The van der Waals surface area contributed by atoms with Crippen molar-refractivity contribution in [3.05, 3.63) is 71.5 Å². The summed E-state index contributed by atoms with van der Waals surface area (Å²) in [6.07, 6.45) is 0. The maximum atomic E-state index is 13.5. The minimum atomic E-state index is -0.257. The Morgan fingerprint density at radius 1 is 1.07 bits per heavy atom. The monoisotopic (exact) mass is 217 g/mol. The summed E-state index contributed by atoms with van der Waals surface area (Å²) in [6, 6.07) is 17.2. The molecule has 0 amide bonds. The van der Waals surface area contributed by atoms with Crippen LogP contribution in [0, 0.1) is 11.9 Å². The van der Waals surface area contributed by atoms with Crippen molar-refractivity contribution < 1.29 is 4.39 Å². The first-order valence-corrected chi connectivity index (χ1v) is 5.20. The van der Waals surface area contributed by atoms with Crippen molar-refractivity contribution >= 4 is 12.6 Å². The molecule has 0 aliphatic rings. The number of rotatable bonds is 2. The molecule has 1 atom stereocenters. The molecule has 0 fully saturated rings. The van der Waals surface area contributed by atoms with Gasteiger partial charge in [0.15, 0.2) is 0 Å². The highest BCUT2D eigenvalue weighted by atomic mass is 32.1. The summed E-state index contributed by atoms with van der Waals surface area (Å²) < 4.78 is 13.5. The maximum Gasteiger partial charge on any atom is 0.127 e. The maximum absolute atomic E-state index is 13.5. The molecule has 0 saturated heterocycles. The number of halogens is 1. The van der Waals surface area contributed by atoms with E-state index in [9.17, 15) is 4.39 Å². The first-order chi connectivity index (χ1) is 7.29. The average molecular weight is 217 g/mol. The minimum absolute atomic E-state index is 0.227. The van der Waals surface area contributed by atoms with Crippen molar-refractivity contribution in [1.82, 2.24) is 0 Å². The van der Waals surface area contributed by atoms with Crippen molar-refractivity contribution in [2.75, 3.05) is 0 Å². The van der Waals surface area contributed by atoms with Crippen molar-refractivity contribution in [3.63, 3.8) is 0 Å². The first-order valence-electron chi connectivity index (χ1n) is 4.68. The van der Waals surface area contributed by atoms with Gasteiger partial charge in [-0.3, -0.25) is 0 Å². The molecule has 2 heteroatoms. The summed E-state index contributed by atoms with van der Waals surface area (Å²) in [7, 11) is 0. The van der Waals surface area contributed by atoms with Gasteiger partial charge in [-0.15, -0.1) is 0 Å². The Morgan fingerprint density at radius 3 is 2.47 bits per heavy atom. The van der Waals surface area contributed by atoms with Crippen LogP contribution in [0.5, 0.6) is 0 Å². The number of hydrogen-bond donors (Lipinski definition) is 1. The van der Waals surface area contributed by atoms with Crippen LogP contribution in [0.25, 0.3) is 0 Å². The lowest BCUT2D eigenvalue weighted by Gasteiger charge is -2.11. The molecule has 0 spiro atoms. The Labute approximate surface area is 94.2 Å². The highest BCUT2D eigenvalue weighted by Crippen LogP contribution is 2.29. The minimum Gasteiger partial charge on any atom is -0.207 e. The van der Waals surface area contributed by atoms with Crippen LogP contribution in [-0.4, -0.2) is 0 Å². The Hall–Kier alpha value is -1.28. The van der Waals surface area contributed by atoms with Crippen molar-refractivity contribution in [2.45, 2.75) is 5.25 Å². The van der Waals surface area contributed by atoms with Crippen LogP contribution in [-0.2, 0) is 0 Å². The van der Waals surface area contributed by atoms with Gasteiger partial charge in [-0.25, -0.2) is 4.39 Å².